The number of hydrogen-bond acceptors (Lipinski definition) is 4. The molecule has 1 atom stereocenters. The van der Waals surface area contributed by atoms with Gasteiger partial charge in [-0.2, -0.15) is 0 Å². The summed E-state index contributed by atoms with van der Waals surface area (Å²) in [6.45, 7) is 2.49. The maximum Gasteiger partial charge on any atom is 0.266 e. The molecule has 2 aliphatic heterocycles. The molecule has 3 nitrogen and oxygen atoms in total. The van der Waals surface area contributed by atoms with E-state index in [0.29, 0.717) is 15.8 Å². The first-order valence-corrected chi connectivity index (χ1v) is 9.61. The van der Waals surface area contributed by atoms with Crippen LogP contribution in [0.3, 0.4) is 0 Å². The van der Waals surface area contributed by atoms with E-state index in [1.807, 2.05) is 67.6 Å². The third-order valence-electron chi connectivity index (χ3n) is 4.37. The summed E-state index contributed by atoms with van der Waals surface area (Å²) in [7, 11) is 0. The SMILES string of the molecule is C[C@@H]1Oc2ccccc2C=C1/C=C1/SC(=S)N(Cc2ccccc2)C1=O. The molecule has 0 radical (unpaired) electrons. The number of hydrogen-bond donors (Lipinski definition) is 0. The normalized spacial score (nSPS) is 20.8. The van der Waals surface area contributed by atoms with Gasteiger partial charge in [0.15, 0.2) is 0 Å². The van der Waals surface area contributed by atoms with Gasteiger partial charge in [0.2, 0.25) is 0 Å². The molecular formula is C21H17NO2S2. The first-order valence-electron chi connectivity index (χ1n) is 8.38. The highest BCUT2D eigenvalue weighted by molar-refractivity contribution is 8.26. The molecule has 1 saturated heterocycles. The number of para-hydroxylation sites is 1. The van der Waals surface area contributed by atoms with Crippen molar-refractivity contribution in [1.29, 1.82) is 0 Å². The van der Waals surface area contributed by atoms with Gasteiger partial charge in [-0.05, 0) is 36.3 Å². The summed E-state index contributed by atoms with van der Waals surface area (Å²) in [5, 5.41) is 0. The standard InChI is InChI=1S/C21H17NO2S2/c1-14-17(11-16-9-5-6-10-18(16)24-14)12-19-20(23)22(21(25)26-19)13-15-7-3-2-4-8-15/h2-12,14H,13H2,1H3/b19-12+/t14-/m0/s1. The topological polar surface area (TPSA) is 29.5 Å². The Kier molecular flexibility index (Phi) is 4.66. The Morgan fingerprint density at radius 2 is 1.88 bits per heavy atom. The van der Waals surface area contributed by atoms with E-state index in [0.717, 1.165) is 22.4 Å². The minimum Gasteiger partial charge on any atom is -0.485 e. The summed E-state index contributed by atoms with van der Waals surface area (Å²) in [5.74, 6) is 0.824. The molecular weight excluding hydrogens is 362 g/mol. The van der Waals surface area contributed by atoms with Crippen LogP contribution in [0, 0.1) is 0 Å². The fourth-order valence-corrected chi connectivity index (χ4v) is 4.23. The van der Waals surface area contributed by atoms with Crippen molar-refractivity contribution in [2.24, 2.45) is 0 Å². The second-order valence-electron chi connectivity index (χ2n) is 6.20. The number of nitrogens with zero attached hydrogens (tertiary/aromatic N) is 1. The highest BCUT2D eigenvalue weighted by atomic mass is 32.2. The largest absolute Gasteiger partial charge is 0.485 e. The lowest BCUT2D eigenvalue weighted by Crippen LogP contribution is -2.27. The van der Waals surface area contributed by atoms with Crippen LogP contribution in [0.4, 0.5) is 0 Å². The average Bonchev–Trinajstić information content (AvgIpc) is 2.91. The van der Waals surface area contributed by atoms with Crippen molar-refractivity contribution in [3.8, 4) is 5.75 Å². The lowest BCUT2D eigenvalue weighted by atomic mass is 10.0. The maximum absolute atomic E-state index is 12.8. The van der Waals surface area contributed by atoms with Crippen LogP contribution in [0.2, 0.25) is 0 Å². The minimum atomic E-state index is -0.109. The minimum absolute atomic E-state index is 0.0455. The van der Waals surface area contributed by atoms with Gasteiger partial charge in [-0.1, -0.05) is 72.5 Å². The predicted molar refractivity (Wildman–Crippen MR) is 110 cm³/mol. The Balaban J connectivity index is 1.59. The second kappa shape index (κ2) is 7.09. The lowest BCUT2D eigenvalue weighted by Gasteiger charge is -2.23. The number of thiocarbonyl (C=S) groups is 1. The highest BCUT2D eigenvalue weighted by Crippen LogP contribution is 2.36. The molecule has 2 aromatic rings. The molecule has 1 fully saturated rings. The maximum atomic E-state index is 12.8. The van der Waals surface area contributed by atoms with Gasteiger partial charge in [0, 0.05) is 5.56 Å². The molecule has 5 heteroatoms. The molecule has 0 bridgehead atoms. The molecule has 0 spiro atoms. The third-order valence-corrected chi connectivity index (χ3v) is 5.75. The molecule has 130 valence electrons. The number of thioether (sulfide) groups is 1. The number of benzene rings is 2. The molecule has 2 aliphatic rings. The summed E-state index contributed by atoms with van der Waals surface area (Å²) < 4.78 is 6.55. The smallest absolute Gasteiger partial charge is 0.266 e. The number of rotatable bonds is 3. The van der Waals surface area contributed by atoms with E-state index in [-0.39, 0.29) is 12.0 Å². The molecule has 4 rings (SSSR count). The van der Waals surface area contributed by atoms with E-state index in [1.54, 1.807) is 4.90 Å². The van der Waals surface area contributed by atoms with E-state index in [9.17, 15) is 4.79 Å². The number of carbonyl (C=O) groups is 1. The number of carbonyl (C=O) groups excluding carboxylic acids is 1. The van der Waals surface area contributed by atoms with Gasteiger partial charge < -0.3 is 4.74 Å². The second-order valence-corrected chi connectivity index (χ2v) is 7.87. The fraction of sp³-hybridized carbons (Fsp3) is 0.143. The first-order chi connectivity index (χ1) is 12.6. The van der Waals surface area contributed by atoms with Crippen molar-refractivity contribution in [3.63, 3.8) is 0 Å². The van der Waals surface area contributed by atoms with Crippen molar-refractivity contribution in [3.05, 3.63) is 82.3 Å². The van der Waals surface area contributed by atoms with Gasteiger partial charge in [-0.25, -0.2) is 0 Å². The van der Waals surface area contributed by atoms with E-state index in [4.69, 9.17) is 17.0 Å². The molecule has 0 aromatic heterocycles. The molecule has 1 amide bonds. The van der Waals surface area contributed by atoms with Crippen LogP contribution in [0.5, 0.6) is 5.75 Å². The van der Waals surface area contributed by atoms with Crippen molar-refractivity contribution >= 4 is 40.3 Å². The van der Waals surface area contributed by atoms with E-state index in [2.05, 4.69) is 6.08 Å². The highest BCUT2D eigenvalue weighted by Gasteiger charge is 2.32. The quantitative estimate of drug-likeness (QED) is 0.566. The average molecular weight is 380 g/mol. The van der Waals surface area contributed by atoms with Crippen LogP contribution in [0.25, 0.3) is 6.08 Å². The Hall–Kier alpha value is -2.37. The summed E-state index contributed by atoms with van der Waals surface area (Å²) in [4.78, 5) is 15.1. The van der Waals surface area contributed by atoms with Crippen LogP contribution >= 0.6 is 24.0 Å². The fourth-order valence-electron chi connectivity index (χ4n) is 2.98. The molecule has 0 saturated carbocycles. The summed E-state index contributed by atoms with van der Waals surface area (Å²) in [6.07, 6.45) is 3.88. The zero-order valence-corrected chi connectivity index (χ0v) is 15.8. The van der Waals surface area contributed by atoms with E-state index >= 15 is 0 Å². The van der Waals surface area contributed by atoms with Crippen LogP contribution in [-0.4, -0.2) is 21.2 Å². The number of fused-ring (bicyclic) bond motifs is 1. The van der Waals surface area contributed by atoms with Gasteiger partial charge in [0.1, 0.15) is 16.2 Å². The Labute approximate surface area is 162 Å². The molecule has 0 aliphatic carbocycles. The van der Waals surface area contributed by atoms with Crippen LogP contribution in [0.15, 0.2) is 71.2 Å². The monoisotopic (exact) mass is 379 g/mol. The van der Waals surface area contributed by atoms with Crippen LogP contribution in [0.1, 0.15) is 18.1 Å². The van der Waals surface area contributed by atoms with Gasteiger partial charge >= 0.3 is 0 Å². The van der Waals surface area contributed by atoms with Crippen molar-refractivity contribution in [2.75, 3.05) is 0 Å². The molecule has 2 heterocycles. The van der Waals surface area contributed by atoms with Crippen LogP contribution in [-0.2, 0) is 11.3 Å². The van der Waals surface area contributed by atoms with Crippen molar-refractivity contribution < 1.29 is 9.53 Å². The molecule has 2 aromatic carbocycles. The number of ether oxygens (including phenoxy) is 1. The van der Waals surface area contributed by atoms with Crippen LogP contribution < -0.4 is 4.74 Å². The Morgan fingerprint density at radius 3 is 2.69 bits per heavy atom. The predicted octanol–water partition coefficient (Wildman–Crippen LogP) is 4.80. The Bertz CT molecular complexity index is 934. The summed E-state index contributed by atoms with van der Waals surface area (Å²) >= 11 is 6.78. The summed E-state index contributed by atoms with van der Waals surface area (Å²) in [5.41, 5.74) is 3.06. The molecule has 0 unspecified atom stereocenters. The zero-order chi connectivity index (χ0) is 18.1. The van der Waals surface area contributed by atoms with Gasteiger partial charge in [-0.3, -0.25) is 9.69 Å². The van der Waals surface area contributed by atoms with Crippen molar-refractivity contribution in [1.82, 2.24) is 4.90 Å². The third kappa shape index (κ3) is 3.32. The van der Waals surface area contributed by atoms with E-state index in [1.165, 1.54) is 11.8 Å². The van der Waals surface area contributed by atoms with Gasteiger partial charge in [0.25, 0.3) is 5.91 Å². The zero-order valence-electron chi connectivity index (χ0n) is 14.2. The number of amides is 1. The van der Waals surface area contributed by atoms with Crippen molar-refractivity contribution in [2.45, 2.75) is 19.6 Å². The Morgan fingerprint density at radius 1 is 1.15 bits per heavy atom. The molecule has 0 N–H and O–H groups in total. The first kappa shape index (κ1) is 17.1. The molecule has 26 heavy (non-hydrogen) atoms. The van der Waals surface area contributed by atoms with Gasteiger partial charge in [0.05, 0.1) is 11.4 Å². The summed E-state index contributed by atoms with van der Waals surface area (Å²) in [6, 6.07) is 17.8. The van der Waals surface area contributed by atoms with E-state index < -0.39 is 0 Å². The lowest BCUT2D eigenvalue weighted by molar-refractivity contribution is -0.122. The van der Waals surface area contributed by atoms with Gasteiger partial charge in [-0.15, -0.1) is 0 Å².